The number of ether oxygens (including phenoxy) is 1. The van der Waals surface area contributed by atoms with Gasteiger partial charge in [0, 0.05) is 18.2 Å². The van der Waals surface area contributed by atoms with Gasteiger partial charge < -0.3 is 20.3 Å². The molecule has 188 valence electrons. The zero-order valence-corrected chi connectivity index (χ0v) is 19.7. The van der Waals surface area contributed by atoms with Gasteiger partial charge in [0.1, 0.15) is 5.75 Å². The average molecular weight is 490 g/mol. The second-order valence-electron chi connectivity index (χ2n) is 8.88. The number of aliphatic hydroxyl groups excluding tert-OH is 1. The van der Waals surface area contributed by atoms with E-state index in [1.54, 1.807) is 7.11 Å². The fourth-order valence-electron chi connectivity index (χ4n) is 4.49. The third-order valence-corrected chi connectivity index (χ3v) is 6.06. The number of hydrogen-bond acceptors (Lipinski definition) is 4. The normalized spacial score (nSPS) is 18.2. The second-order valence-corrected chi connectivity index (χ2v) is 8.88. The number of benzene rings is 3. The summed E-state index contributed by atoms with van der Waals surface area (Å²) in [5.74, 6) is -1.19. The molecule has 1 aliphatic carbocycles. The maximum absolute atomic E-state index is 10.7. The predicted molar refractivity (Wildman–Crippen MR) is 129 cm³/mol. The van der Waals surface area contributed by atoms with Crippen LogP contribution >= 0.6 is 0 Å². The van der Waals surface area contributed by atoms with Gasteiger partial charge in [0.15, 0.2) is 0 Å². The Bertz CT molecular complexity index is 1150. The van der Waals surface area contributed by atoms with E-state index in [-0.39, 0.29) is 6.04 Å². The number of aliphatic carboxylic acids is 1. The lowest BCUT2D eigenvalue weighted by Crippen LogP contribution is -2.35. The van der Waals surface area contributed by atoms with Gasteiger partial charge in [-0.15, -0.1) is 0 Å². The summed E-state index contributed by atoms with van der Waals surface area (Å²) in [4.78, 5) is 8.90. The smallest absolute Gasteiger partial charge is 0.490 e. The van der Waals surface area contributed by atoms with Crippen LogP contribution in [0.15, 0.2) is 60.7 Å². The summed E-state index contributed by atoms with van der Waals surface area (Å²) < 4.78 is 37.4. The van der Waals surface area contributed by atoms with E-state index in [0.29, 0.717) is 18.9 Å². The number of aliphatic hydroxyl groups is 1. The van der Waals surface area contributed by atoms with Crippen molar-refractivity contribution in [1.82, 2.24) is 5.32 Å². The predicted octanol–water partition coefficient (Wildman–Crippen LogP) is 5.30. The van der Waals surface area contributed by atoms with Crippen molar-refractivity contribution >= 4 is 16.7 Å². The summed E-state index contributed by atoms with van der Waals surface area (Å²) in [6, 6.07) is 21.3. The van der Waals surface area contributed by atoms with Crippen molar-refractivity contribution in [3.8, 4) is 5.75 Å². The highest BCUT2D eigenvalue weighted by Gasteiger charge is 2.38. The number of halogens is 3. The van der Waals surface area contributed by atoms with E-state index >= 15 is 0 Å². The number of carbonyl (C=O) groups is 1. The molecular weight excluding hydrogens is 459 g/mol. The van der Waals surface area contributed by atoms with Crippen LogP contribution in [-0.4, -0.2) is 42.1 Å². The molecule has 0 saturated heterocycles. The molecule has 1 aliphatic rings. The number of methoxy groups -OCH3 is 1. The molecule has 5 nitrogen and oxygen atoms in total. The monoisotopic (exact) mass is 489 g/mol. The molecule has 4 rings (SSSR count). The molecule has 0 saturated carbocycles. The van der Waals surface area contributed by atoms with Gasteiger partial charge in [-0.25, -0.2) is 4.79 Å². The summed E-state index contributed by atoms with van der Waals surface area (Å²) in [7, 11) is 1.74. The largest absolute Gasteiger partial charge is 0.496 e. The summed E-state index contributed by atoms with van der Waals surface area (Å²) in [5.41, 5.74) is 3.80. The van der Waals surface area contributed by atoms with Crippen molar-refractivity contribution in [3.63, 3.8) is 0 Å². The molecule has 3 aromatic carbocycles. The third-order valence-electron chi connectivity index (χ3n) is 6.06. The topological polar surface area (TPSA) is 78.8 Å². The lowest BCUT2D eigenvalue weighted by Gasteiger charge is -2.32. The molecule has 0 bridgehead atoms. The fraction of sp³-hybridized carbons (Fsp3) is 0.370. The molecule has 0 spiro atoms. The van der Waals surface area contributed by atoms with Crippen molar-refractivity contribution in [3.05, 3.63) is 77.4 Å². The Kier molecular flexibility index (Phi) is 8.75. The van der Waals surface area contributed by atoms with Crippen molar-refractivity contribution in [2.45, 2.75) is 44.5 Å². The summed E-state index contributed by atoms with van der Waals surface area (Å²) in [6.07, 6.45) is -2.70. The van der Waals surface area contributed by atoms with Crippen molar-refractivity contribution in [1.29, 1.82) is 0 Å². The van der Waals surface area contributed by atoms with E-state index in [2.05, 4.69) is 66.8 Å². The molecule has 8 heteroatoms. The molecule has 0 heterocycles. The van der Waals surface area contributed by atoms with E-state index in [0.717, 1.165) is 18.6 Å². The van der Waals surface area contributed by atoms with Crippen LogP contribution in [0.1, 0.15) is 36.1 Å². The zero-order chi connectivity index (χ0) is 25.6. The highest BCUT2D eigenvalue weighted by molar-refractivity contribution is 5.83. The quantitative estimate of drug-likeness (QED) is 0.438. The number of hydrogen-bond donors (Lipinski definition) is 3. The average Bonchev–Trinajstić information content (AvgIpc) is 2.81. The molecule has 0 aliphatic heterocycles. The lowest BCUT2D eigenvalue weighted by molar-refractivity contribution is -0.192. The Morgan fingerprint density at radius 2 is 1.80 bits per heavy atom. The molecule has 0 aromatic heterocycles. The van der Waals surface area contributed by atoms with Crippen LogP contribution in [0.4, 0.5) is 13.2 Å². The third kappa shape index (κ3) is 7.19. The number of fused-ring (bicyclic) bond motifs is 2. The standard InChI is InChI=1S/C25H29NO2.C2HF3O2/c1-17-12-21-8-5-9-24(28-2)25(21)23(13-17)26-16-22(27)15-18-10-11-19-6-3-4-7-20(19)14-18;3-2(4,5)1(6)7/h3-11,14,17,22-23,26-27H,12-13,15-16H2,1-2H3;(H,6,7). The number of alkyl halides is 3. The van der Waals surface area contributed by atoms with E-state index in [1.807, 2.05) is 6.07 Å². The first kappa shape index (κ1) is 26.5. The molecule has 3 aromatic rings. The maximum Gasteiger partial charge on any atom is 0.490 e. The molecule has 0 radical (unpaired) electrons. The van der Waals surface area contributed by atoms with Crippen LogP contribution in [0.2, 0.25) is 0 Å². The number of rotatable bonds is 6. The molecule has 35 heavy (non-hydrogen) atoms. The van der Waals surface area contributed by atoms with E-state index < -0.39 is 18.2 Å². The lowest BCUT2D eigenvalue weighted by atomic mass is 9.81. The van der Waals surface area contributed by atoms with Crippen LogP contribution < -0.4 is 10.1 Å². The Morgan fingerprint density at radius 3 is 2.46 bits per heavy atom. The Hall–Kier alpha value is -3.10. The van der Waals surface area contributed by atoms with Crippen LogP contribution in [0, 0.1) is 5.92 Å². The van der Waals surface area contributed by atoms with Gasteiger partial charge in [-0.05, 0) is 53.1 Å². The summed E-state index contributed by atoms with van der Waals surface area (Å²) >= 11 is 0. The molecule has 3 atom stereocenters. The number of carboxylic acids is 1. The van der Waals surface area contributed by atoms with Gasteiger partial charge in [0.2, 0.25) is 0 Å². The van der Waals surface area contributed by atoms with Gasteiger partial charge in [-0.1, -0.05) is 61.5 Å². The van der Waals surface area contributed by atoms with Gasteiger partial charge in [0.05, 0.1) is 13.2 Å². The molecule has 0 amide bonds. The fourth-order valence-corrected chi connectivity index (χ4v) is 4.49. The second kappa shape index (κ2) is 11.6. The molecular formula is C27H30F3NO4. The van der Waals surface area contributed by atoms with Gasteiger partial charge >= 0.3 is 12.1 Å². The summed E-state index contributed by atoms with van der Waals surface area (Å²) in [5, 5.41) is 23.8. The van der Waals surface area contributed by atoms with Crippen LogP contribution in [-0.2, 0) is 17.6 Å². The van der Waals surface area contributed by atoms with Gasteiger partial charge in [-0.2, -0.15) is 13.2 Å². The first-order valence-corrected chi connectivity index (χ1v) is 11.4. The first-order valence-electron chi connectivity index (χ1n) is 11.4. The first-order chi connectivity index (χ1) is 16.6. The van der Waals surface area contributed by atoms with E-state index in [4.69, 9.17) is 14.6 Å². The molecule has 3 N–H and O–H groups in total. The number of nitrogens with one attached hydrogen (secondary N) is 1. The highest BCUT2D eigenvalue weighted by atomic mass is 19.4. The zero-order valence-electron chi connectivity index (χ0n) is 19.7. The van der Waals surface area contributed by atoms with Gasteiger partial charge in [-0.3, -0.25) is 0 Å². The van der Waals surface area contributed by atoms with Crippen molar-refractivity contribution < 1.29 is 32.9 Å². The van der Waals surface area contributed by atoms with E-state index in [1.165, 1.54) is 27.5 Å². The van der Waals surface area contributed by atoms with Gasteiger partial charge in [0.25, 0.3) is 0 Å². The minimum absolute atomic E-state index is 0.223. The molecule has 3 unspecified atom stereocenters. The van der Waals surface area contributed by atoms with Crippen LogP contribution in [0.25, 0.3) is 10.8 Å². The van der Waals surface area contributed by atoms with Crippen LogP contribution in [0.5, 0.6) is 5.75 Å². The summed E-state index contributed by atoms with van der Waals surface area (Å²) in [6.45, 7) is 2.87. The van der Waals surface area contributed by atoms with Crippen molar-refractivity contribution in [2.75, 3.05) is 13.7 Å². The Balaban J connectivity index is 0.000000429. The minimum atomic E-state index is -5.08. The maximum atomic E-state index is 10.7. The minimum Gasteiger partial charge on any atom is -0.496 e. The molecule has 0 fully saturated rings. The Morgan fingerprint density at radius 1 is 1.11 bits per heavy atom. The number of carboxylic acid groups (broad SMARTS) is 1. The van der Waals surface area contributed by atoms with E-state index in [9.17, 15) is 18.3 Å². The SMILES string of the molecule is COc1cccc2c1C(NCC(O)Cc1ccc3ccccc3c1)CC(C)C2.O=C(O)C(F)(F)F. The van der Waals surface area contributed by atoms with Crippen LogP contribution in [0.3, 0.4) is 0 Å². The highest BCUT2D eigenvalue weighted by Crippen LogP contribution is 2.38. The Labute approximate surface area is 202 Å². The van der Waals surface area contributed by atoms with Crippen molar-refractivity contribution in [2.24, 2.45) is 5.92 Å².